The highest BCUT2D eigenvalue weighted by Gasteiger charge is 2.23. The van der Waals surface area contributed by atoms with E-state index < -0.39 is 0 Å². The summed E-state index contributed by atoms with van der Waals surface area (Å²) in [6.45, 7) is 1.92. The number of nitrogens with one attached hydrogen (secondary N) is 1. The van der Waals surface area contributed by atoms with Crippen molar-refractivity contribution in [2.45, 2.75) is 19.4 Å². The van der Waals surface area contributed by atoms with Crippen molar-refractivity contribution in [3.05, 3.63) is 48.5 Å². The number of benzene rings is 2. The molecule has 1 aliphatic rings. The van der Waals surface area contributed by atoms with E-state index in [0.717, 1.165) is 22.7 Å². The van der Waals surface area contributed by atoms with Crippen LogP contribution >= 0.6 is 0 Å². The molecule has 3 aromatic rings. The van der Waals surface area contributed by atoms with Crippen LogP contribution in [0.15, 0.2) is 48.5 Å². The van der Waals surface area contributed by atoms with Gasteiger partial charge in [-0.25, -0.2) is 0 Å². The lowest BCUT2D eigenvalue weighted by atomic mass is 10.1. The zero-order valence-electron chi connectivity index (χ0n) is 13.2. The molecule has 0 spiro atoms. The summed E-state index contributed by atoms with van der Waals surface area (Å²) in [5.74, 6) is 0.738. The quantitative estimate of drug-likeness (QED) is 0.739. The molecule has 4 nitrogen and oxygen atoms in total. The second-order valence-electron chi connectivity index (χ2n) is 6.01. The second kappa shape index (κ2) is 5.16. The average molecular weight is 306 g/mol. The number of ether oxygens (including phenoxy) is 1. The predicted molar refractivity (Wildman–Crippen MR) is 91.7 cm³/mol. The van der Waals surface area contributed by atoms with Crippen LogP contribution in [0.25, 0.3) is 22.2 Å². The Morgan fingerprint density at radius 3 is 2.83 bits per heavy atom. The summed E-state index contributed by atoms with van der Waals surface area (Å²) in [7, 11) is 2.05. The van der Waals surface area contributed by atoms with E-state index in [-0.39, 0.29) is 12.0 Å². The summed E-state index contributed by atoms with van der Waals surface area (Å²) in [5.41, 5.74) is 3.98. The third kappa shape index (κ3) is 2.27. The first kappa shape index (κ1) is 13.9. The Morgan fingerprint density at radius 1 is 1.17 bits per heavy atom. The van der Waals surface area contributed by atoms with E-state index in [2.05, 4.69) is 35.1 Å². The number of hydrogen-bond donors (Lipinski definition) is 1. The molecule has 1 N–H and O–H groups in total. The molecule has 0 radical (unpaired) electrons. The van der Waals surface area contributed by atoms with E-state index in [1.165, 1.54) is 10.9 Å². The van der Waals surface area contributed by atoms with Gasteiger partial charge >= 0.3 is 0 Å². The molecular weight excluding hydrogens is 288 g/mol. The normalized spacial score (nSPS) is 17.3. The SMILES string of the molecule is C[C@@H]1CC(=O)Nc2cccc(-c3cc4ccccc4n3C)c2O1. The lowest BCUT2D eigenvalue weighted by molar-refractivity contribution is -0.117. The Kier molecular flexibility index (Phi) is 3.11. The molecule has 0 saturated heterocycles. The first-order valence-electron chi connectivity index (χ1n) is 7.78. The lowest BCUT2D eigenvalue weighted by Crippen LogP contribution is -2.17. The Bertz CT molecular complexity index is 911. The second-order valence-corrected chi connectivity index (χ2v) is 6.01. The average Bonchev–Trinajstić information content (AvgIpc) is 2.77. The Labute approximate surface area is 134 Å². The molecular formula is C19H18N2O2. The van der Waals surface area contributed by atoms with Gasteiger partial charge in [-0.1, -0.05) is 24.3 Å². The fourth-order valence-corrected chi connectivity index (χ4v) is 3.22. The summed E-state index contributed by atoms with van der Waals surface area (Å²) >= 11 is 0. The smallest absolute Gasteiger partial charge is 0.228 e. The first-order valence-corrected chi connectivity index (χ1v) is 7.78. The number of hydrogen-bond acceptors (Lipinski definition) is 2. The van der Waals surface area contributed by atoms with Crippen molar-refractivity contribution in [1.82, 2.24) is 4.57 Å². The van der Waals surface area contributed by atoms with Gasteiger partial charge in [0.2, 0.25) is 5.91 Å². The Hall–Kier alpha value is -2.75. The molecule has 1 aromatic heterocycles. The van der Waals surface area contributed by atoms with Crippen molar-refractivity contribution in [3.8, 4) is 17.0 Å². The number of nitrogens with zero attached hydrogens (tertiary/aromatic N) is 1. The fourth-order valence-electron chi connectivity index (χ4n) is 3.22. The van der Waals surface area contributed by atoms with Crippen LogP contribution in [0.1, 0.15) is 13.3 Å². The molecule has 2 heterocycles. The number of aryl methyl sites for hydroxylation is 1. The minimum atomic E-state index is -0.146. The molecule has 23 heavy (non-hydrogen) atoms. The van der Waals surface area contributed by atoms with Crippen molar-refractivity contribution in [2.75, 3.05) is 5.32 Å². The van der Waals surface area contributed by atoms with Gasteiger partial charge in [-0.15, -0.1) is 0 Å². The van der Waals surface area contributed by atoms with E-state index in [1.54, 1.807) is 0 Å². The van der Waals surface area contributed by atoms with Gasteiger partial charge in [0, 0.05) is 23.5 Å². The summed E-state index contributed by atoms with van der Waals surface area (Å²) in [6.07, 6.45) is 0.218. The number of anilines is 1. The standard InChI is InChI=1S/C19H18N2O2/c1-12-10-18(22)20-15-8-5-7-14(19(15)23-12)17-11-13-6-3-4-9-16(13)21(17)2/h3-9,11-12H,10H2,1-2H3,(H,20,22)/t12-/m1/s1. The Balaban J connectivity index is 1.94. The molecule has 1 aliphatic heterocycles. The molecule has 116 valence electrons. The van der Waals surface area contributed by atoms with Gasteiger partial charge in [-0.05, 0) is 31.2 Å². The molecule has 1 atom stereocenters. The molecule has 0 fully saturated rings. The number of carbonyl (C=O) groups is 1. The van der Waals surface area contributed by atoms with Crippen LogP contribution in [0.3, 0.4) is 0 Å². The van der Waals surface area contributed by atoms with E-state index >= 15 is 0 Å². The molecule has 0 aliphatic carbocycles. The third-order valence-electron chi connectivity index (χ3n) is 4.31. The lowest BCUT2D eigenvalue weighted by Gasteiger charge is -2.16. The van der Waals surface area contributed by atoms with Gasteiger partial charge in [0.05, 0.1) is 17.8 Å². The fraction of sp³-hybridized carbons (Fsp3) is 0.211. The number of amides is 1. The maximum absolute atomic E-state index is 11.9. The number of rotatable bonds is 1. The monoisotopic (exact) mass is 306 g/mol. The van der Waals surface area contributed by atoms with Gasteiger partial charge in [0.1, 0.15) is 6.10 Å². The first-order chi connectivity index (χ1) is 11.1. The van der Waals surface area contributed by atoms with Crippen LogP contribution in [0.4, 0.5) is 5.69 Å². The van der Waals surface area contributed by atoms with E-state index in [9.17, 15) is 4.79 Å². The van der Waals surface area contributed by atoms with Gasteiger partial charge in [0.25, 0.3) is 0 Å². The van der Waals surface area contributed by atoms with Crippen molar-refractivity contribution >= 4 is 22.5 Å². The van der Waals surface area contributed by atoms with Crippen molar-refractivity contribution in [3.63, 3.8) is 0 Å². The van der Waals surface area contributed by atoms with E-state index in [0.29, 0.717) is 6.42 Å². The Morgan fingerprint density at radius 2 is 2.00 bits per heavy atom. The number of para-hydroxylation sites is 2. The van der Waals surface area contributed by atoms with Gasteiger partial charge in [-0.2, -0.15) is 0 Å². The van der Waals surface area contributed by atoms with Gasteiger partial charge < -0.3 is 14.6 Å². The zero-order valence-corrected chi connectivity index (χ0v) is 13.2. The summed E-state index contributed by atoms with van der Waals surface area (Å²) in [6, 6.07) is 16.3. The molecule has 4 heteroatoms. The largest absolute Gasteiger partial charge is 0.487 e. The van der Waals surface area contributed by atoms with Crippen molar-refractivity contribution in [2.24, 2.45) is 7.05 Å². The number of fused-ring (bicyclic) bond motifs is 2. The van der Waals surface area contributed by atoms with Crippen molar-refractivity contribution < 1.29 is 9.53 Å². The van der Waals surface area contributed by atoms with E-state index in [1.807, 2.05) is 37.3 Å². The molecule has 0 saturated carbocycles. The van der Waals surface area contributed by atoms with Crippen LogP contribution in [-0.4, -0.2) is 16.6 Å². The molecule has 1 amide bonds. The van der Waals surface area contributed by atoms with Crippen LogP contribution < -0.4 is 10.1 Å². The third-order valence-corrected chi connectivity index (χ3v) is 4.31. The van der Waals surface area contributed by atoms with Gasteiger partial charge in [0.15, 0.2) is 5.75 Å². The molecule has 0 unspecified atom stereocenters. The summed E-state index contributed by atoms with van der Waals surface area (Å²) in [4.78, 5) is 11.9. The zero-order chi connectivity index (χ0) is 16.0. The highest BCUT2D eigenvalue weighted by molar-refractivity contribution is 5.96. The summed E-state index contributed by atoms with van der Waals surface area (Å²) in [5, 5.41) is 4.13. The summed E-state index contributed by atoms with van der Waals surface area (Å²) < 4.78 is 8.23. The minimum absolute atomic E-state index is 0.00885. The minimum Gasteiger partial charge on any atom is -0.487 e. The van der Waals surface area contributed by atoms with Crippen LogP contribution in [0.2, 0.25) is 0 Å². The number of carbonyl (C=O) groups excluding carboxylic acids is 1. The number of aromatic nitrogens is 1. The van der Waals surface area contributed by atoms with Crippen LogP contribution in [-0.2, 0) is 11.8 Å². The van der Waals surface area contributed by atoms with Crippen molar-refractivity contribution in [1.29, 1.82) is 0 Å². The van der Waals surface area contributed by atoms with Crippen LogP contribution in [0.5, 0.6) is 5.75 Å². The molecule has 0 bridgehead atoms. The molecule has 4 rings (SSSR count). The maximum atomic E-state index is 11.9. The maximum Gasteiger partial charge on any atom is 0.228 e. The molecule has 2 aromatic carbocycles. The highest BCUT2D eigenvalue weighted by Crippen LogP contribution is 2.40. The van der Waals surface area contributed by atoms with Gasteiger partial charge in [-0.3, -0.25) is 4.79 Å². The van der Waals surface area contributed by atoms with E-state index in [4.69, 9.17) is 4.74 Å². The topological polar surface area (TPSA) is 43.3 Å². The highest BCUT2D eigenvalue weighted by atomic mass is 16.5. The predicted octanol–water partition coefficient (Wildman–Crippen LogP) is 3.95. The van der Waals surface area contributed by atoms with Crippen LogP contribution in [0, 0.1) is 0 Å².